The summed E-state index contributed by atoms with van der Waals surface area (Å²) >= 11 is 0. The topological polar surface area (TPSA) is 0 Å². The van der Waals surface area contributed by atoms with Gasteiger partial charge in [0.25, 0.3) is 0 Å². The lowest BCUT2D eigenvalue weighted by atomic mass is 9.41. The normalized spacial score (nSPS) is 57.0. The standard InChI is InChI=1S/C20H34/c1-14-12-20-11-8-16-18(2,3)9-5-10-19(16,4)17(20)7-6-15(14)13-20/h14-17H,5-13H2,1-4H3/t14-,15-,16-,17+,19-,20-/m1/s1. The molecular weight excluding hydrogens is 240 g/mol. The molecule has 1 spiro atoms. The number of fused-ring (bicyclic) bond motifs is 3. The first-order valence-electron chi connectivity index (χ1n) is 9.37. The molecule has 0 aromatic rings. The summed E-state index contributed by atoms with van der Waals surface area (Å²) < 4.78 is 0. The fourth-order valence-electron chi connectivity index (χ4n) is 8.12. The van der Waals surface area contributed by atoms with Gasteiger partial charge in [0.2, 0.25) is 0 Å². The van der Waals surface area contributed by atoms with E-state index in [-0.39, 0.29) is 0 Å². The molecule has 0 aromatic carbocycles. The van der Waals surface area contributed by atoms with E-state index >= 15 is 0 Å². The maximum atomic E-state index is 2.72. The molecule has 0 heterocycles. The molecule has 4 aliphatic rings. The summed E-state index contributed by atoms with van der Waals surface area (Å²) in [6.07, 6.45) is 13.9. The van der Waals surface area contributed by atoms with Gasteiger partial charge in [-0.05, 0) is 91.3 Å². The van der Waals surface area contributed by atoms with Crippen molar-refractivity contribution in [2.45, 2.75) is 85.5 Å². The van der Waals surface area contributed by atoms with Gasteiger partial charge in [0.15, 0.2) is 0 Å². The lowest BCUT2D eigenvalue weighted by Gasteiger charge is -2.64. The summed E-state index contributed by atoms with van der Waals surface area (Å²) in [5.74, 6) is 4.18. The second-order valence-electron chi connectivity index (χ2n) is 10.1. The predicted molar refractivity (Wildman–Crippen MR) is 85.5 cm³/mol. The van der Waals surface area contributed by atoms with E-state index in [1.807, 2.05) is 0 Å². The van der Waals surface area contributed by atoms with Gasteiger partial charge in [0.05, 0.1) is 0 Å². The van der Waals surface area contributed by atoms with Crippen LogP contribution >= 0.6 is 0 Å². The fraction of sp³-hybridized carbons (Fsp3) is 1.00. The van der Waals surface area contributed by atoms with Crippen LogP contribution in [0.1, 0.15) is 85.5 Å². The quantitative estimate of drug-likeness (QED) is 0.504. The minimum atomic E-state index is 0.607. The van der Waals surface area contributed by atoms with Crippen LogP contribution in [0.3, 0.4) is 0 Å². The van der Waals surface area contributed by atoms with Gasteiger partial charge in [-0.25, -0.2) is 0 Å². The first-order chi connectivity index (χ1) is 9.37. The van der Waals surface area contributed by atoms with Gasteiger partial charge in [-0.15, -0.1) is 0 Å². The molecule has 0 aromatic heterocycles. The second-order valence-corrected chi connectivity index (χ2v) is 10.1. The minimum absolute atomic E-state index is 0.607. The molecule has 20 heavy (non-hydrogen) atoms. The van der Waals surface area contributed by atoms with E-state index in [2.05, 4.69) is 27.7 Å². The summed E-state index contributed by atoms with van der Waals surface area (Å²) in [6, 6.07) is 0. The smallest absolute Gasteiger partial charge is 0.0258 e. The molecule has 0 saturated heterocycles. The molecule has 0 nitrogen and oxygen atoms in total. The van der Waals surface area contributed by atoms with Crippen molar-refractivity contribution in [1.29, 1.82) is 0 Å². The molecule has 4 rings (SSSR count). The summed E-state index contributed by atoms with van der Waals surface area (Å²) in [6.45, 7) is 10.4. The van der Waals surface area contributed by atoms with Gasteiger partial charge < -0.3 is 0 Å². The van der Waals surface area contributed by atoms with E-state index in [1.165, 1.54) is 19.3 Å². The Bertz CT molecular complexity index is 404. The first kappa shape index (κ1) is 13.6. The molecule has 114 valence electrons. The zero-order chi connectivity index (χ0) is 14.2. The highest BCUT2D eigenvalue weighted by Crippen LogP contribution is 2.72. The van der Waals surface area contributed by atoms with E-state index in [4.69, 9.17) is 0 Å². The van der Waals surface area contributed by atoms with E-state index in [0.29, 0.717) is 10.8 Å². The summed E-state index contributed by atoms with van der Waals surface area (Å²) in [4.78, 5) is 0. The SMILES string of the molecule is C[C@@H]1C[C@@]23CC[C@@H]4C(C)(C)CCC[C@@]4(C)[C@@H]2CC[C@@H]1C3. The van der Waals surface area contributed by atoms with Crippen LogP contribution in [0.5, 0.6) is 0 Å². The Morgan fingerprint density at radius 2 is 1.60 bits per heavy atom. The highest BCUT2D eigenvalue weighted by Gasteiger charge is 2.63. The molecule has 4 fully saturated rings. The highest BCUT2D eigenvalue weighted by molar-refractivity contribution is 5.12. The van der Waals surface area contributed by atoms with Crippen LogP contribution in [-0.4, -0.2) is 0 Å². The fourth-order valence-corrected chi connectivity index (χ4v) is 8.12. The lowest BCUT2D eigenvalue weighted by Crippen LogP contribution is -2.55. The van der Waals surface area contributed by atoms with Crippen molar-refractivity contribution in [1.82, 2.24) is 0 Å². The average Bonchev–Trinajstić information content (AvgIpc) is 2.58. The van der Waals surface area contributed by atoms with Crippen LogP contribution in [0.15, 0.2) is 0 Å². The lowest BCUT2D eigenvalue weighted by molar-refractivity contribution is -0.144. The Labute approximate surface area is 126 Å². The van der Waals surface area contributed by atoms with Crippen molar-refractivity contribution >= 4 is 0 Å². The molecule has 2 bridgehead atoms. The Morgan fingerprint density at radius 3 is 2.40 bits per heavy atom. The van der Waals surface area contributed by atoms with Crippen LogP contribution < -0.4 is 0 Å². The van der Waals surface area contributed by atoms with Gasteiger partial charge in [-0.2, -0.15) is 0 Å². The monoisotopic (exact) mass is 274 g/mol. The van der Waals surface area contributed by atoms with Crippen molar-refractivity contribution in [3.05, 3.63) is 0 Å². The number of hydrogen-bond donors (Lipinski definition) is 0. The van der Waals surface area contributed by atoms with E-state index in [0.717, 1.165) is 29.1 Å². The van der Waals surface area contributed by atoms with Crippen LogP contribution in [0.2, 0.25) is 0 Å². The van der Waals surface area contributed by atoms with Crippen molar-refractivity contribution in [3.63, 3.8) is 0 Å². The Hall–Kier alpha value is 0. The van der Waals surface area contributed by atoms with Crippen molar-refractivity contribution < 1.29 is 0 Å². The van der Waals surface area contributed by atoms with E-state index < -0.39 is 0 Å². The third kappa shape index (κ3) is 1.60. The van der Waals surface area contributed by atoms with Gasteiger partial charge in [-0.1, -0.05) is 34.1 Å². The van der Waals surface area contributed by atoms with Crippen LogP contribution in [0.4, 0.5) is 0 Å². The summed E-state index contributed by atoms with van der Waals surface area (Å²) in [7, 11) is 0. The molecule has 0 amide bonds. The molecule has 4 saturated carbocycles. The molecule has 0 radical (unpaired) electrons. The van der Waals surface area contributed by atoms with Crippen LogP contribution in [0, 0.1) is 39.9 Å². The van der Waals surface area contributed by atoms with Gasteiger partial charge in [-0.3, -0.25) is 0 Å². The van der Waals surface area contributed by atoms with E-state index in [1.54, 1.807) is 38.5 Å². The predicted octanol–water partition coefficient (Wildman–Crippen LogP) is 6.06. The molecule has 4 aliphatic carbocycles. The average molecular weight is 274 g/mol. The van der Waals surface area contributed by atoms with Gasteiger partial charge in [0.1, 0.15) is 0 Å². The Kier molecular flexibility index (Phi) is 2.76. The zero-order valence-electron chi connectivity index (χ0n) is 14.2. The summed E-state index contributed by atoms with van der Waals surface area (Å²) in [5, 5.41) is 0. The van der Waals surface area contributed by atoms with Crippen molar-refractivity contribution in [3.8, 4) is 0 Å². The van der Waals surface area contributed by atoms with E-state index in [9.17, 15) is 0 Å². The maximum absolute atomic E-state index is 2.72. The van der Waals surface area contributed by atoms with Crippen LogP contribution in [-0.2, 0) is 0 Å². The van der Waals surface area contributed by atoms with Gasteiger partial charge >= 0.3 is 0 Å². The molecule has 0 aliphatic heterocycles. The molecule has 6 atom stereocenters. The first-order valence-corrected chi connectivity index (χ1v) is 9.37. The largest absolute Gasteiger partial charge is 0.0622 e. The molecule has 0 heteroatoms. The molecule has 0 N–H and O–H groups in total. The minimum Gasteiger partial charge on any atom is -0.0622 e. The highest BCUT2D eigenvalue weighted by atomic mass is 14.7. The second kappa shape index (κ2) is 4.05. The molecular formula is C20H34. The number of rotatable bonds is 0. The third-order valence-corrected chi connectivity index (χ3v) is 8.77. The van der Waals surface area contributed by atoms with Crippen molar-refractivity contribution in [2.75, 3.05) is 0 Å². The summed E-state index contributed by atoms with van der Waals surface area (Å²) in [5.41, 5.74) is 2.06. The van der Waals surface area contributed by atoms with Crippen LogP contribution in [0.25, 0.3) is 0 Å². The zero-order valence-corrected chi connectivity index (χ0v) is 14.2. The Balaban J connectivity index is 1.72. The third-order valence-electron chi connectivity index (χ3n) is 8.77. The Morgan fingerprint density at radius 1 is 0.800 bits per heavy atom. The number of hydrogen-bond acceptors (Lipinski definition) is 0. The van der Waals surface area contributed by atoms with Gasteiger partial charge in [0, 0.05) is 0 Å². The van der Waals surface area contributed by atoms with Crippen molar-refractivity contribution in [2.24, 2.45) is 39.9 Å². The maximum Gasteiger partial charge on any atom is -0.0258 e. The molecule has 0 unspecified atom stereocenters.